The molecular formula is C65H79F9IN13O8. The molecule has 0 unspecified atom stereocenters. The van der Waals surface area contributed by atoms with Gasteiger partial charge in [0.05, 0.1) is 42.0 Å². The Balaban J connectivity index is 0.000000284. The van der Waals surface area contributed by atoms with Gasteiger partial charge in [0, 0.05) is 77.0 Å². The topological polar surface area (TPSA) is 264 Å². The lowest BCUT2D eigenvalue weighted by Crippen LogP contribution is -2.33. The first-order valence-corrected chi connectivity index (χ1v) is 31.7. The summed E-state index contributed by atoms with van der Waals surface area (Å²) in [6.07, 6.45) is -0.232. The van der Waals surface area contributed by atoms with Crippen LogP contribution in [0.3, 0.4) is 0 Å². The summed E-state index contributed by atoms with van der Waals surface area (Å²) in [6, 6.07) is 17.2. The zero-order valence-corrected chi connectivity index (χ0v) is 56.7. The maximum atomic E-state index is 13.1. The normalized spacial score (nSPS) is 11.2. The van der Waals surface area contributed by atoms with Crippen LogP contribution in [0, 0.1) is 25.2 Å². The molecule has 6 heterocycles. The highest BCUT2D eigenvalue weighted by atomic mass is 127. The molecule has 0 atom stereocenters. The fraction of sp³-hybridized carbons (Fsp3) is 0.431. The number of pyridine rings is 2. The molecule has 0 aliphatic carbocycles. The van der Waals surface area contributed by atoms with Crippen molar-refractivity contribution in [1.29, 1.82) is 5.26 Å². The summed E-state index contributed by atoms with van der Waals surface area (Å²) in [5, 5.41) is 22.5. The van der Waals surface area contributed by atoms with Gasteiger partial charge in [0.15, 0.2) is 33.8 Å². The zero-order valence-electron chi connectivity index (χ0n) is 55.6. The van der Waals surface area contributed by atoms with Crippen LogP contribution in [0.1, 0.15) is 112 Å². The fourth-order valence-corrected chi connectivity index (χ4v) is 9.14. The van der Waals surface area contributed by atoms with E-state index < -0.39 is 35.6 Å². The number of aryl methyl sites for hydroxylation is 5. The van der Waals surface area contributed by atoms with E-state index in [1.54, 1.807) is 50.9 Å². The highest BCUT2D eigenvalue weighted by Crippen LogP contribution is 2.41. The van der Waals surface area contributed by atoms with Crippen LogP contribution in [0.15, 0.2) is 105 Å². The second-order valence-corrected chi connectivity index (χ2v) is 21.0. The number of amides is 3. The largest absolute Gasteiger partial charge is 0.493 e. The van der Waals surface area contributed by atoms with E-state index in [-0.39, 0.29) is 51.6 Å². The lowest BCUT2D eigenvalue weighted by Gasteiger charge is -2.18. The fourth-order valence-electron chi connectivity index (χ4n) is 9.14. The van der Waals surface area contributed by atoms with Crippen molar-refractivity contribution in [2.75, 3.05) is 76.6 Å². The van der Waals surface area contributed by atoms with E-state index in [0.717, 1.165) is 30.5 Å². The number of nitrogens with two attached hydrogens (primary N) is 1. The molecule has 0 fully saturated rings. The van der Waals surface area contributed by atoms with Crippen molar-refractivity contribution < 1.29 is 78.3 Å². The van der Waals surface area contributed by atoms with E-state index in [9.17, 15) is 49.1 Å². The number of halogens is 10. The number of benzene rings is 3. The van der Waals surface area contributed by atoms with Crippen molar-refractivity contribution in [3.05, 3.63) is 137 Å². The van der Waals surface area contributed by atoms with Gasteiger partial charge in [-0.25, -0.2) is 24.5 Å². The number of carbonyl (C=O) groups is 2. The molecular weight excluding hydrogens is 1390 g/mol. The molecule has 4 N–H and O–H groups in total. The molecule has 31 heteroatoms. The minimum absolute atomic E-state index is 0.0153. The van der Waals surface area contributed by atoms with Gasteiger partial charge >= 0.3 is 30.6 Å². The number of fused-ring (bicyclic) bond motifs is 3. The van der Waals surface area contributed by atoms with Crippen molar-refractivity contribution in [1.82, 2.24) is 50.1 Å². The molecule has 0 saturated carbocycles. The van der Waals surface area contributed by atoms with Crippen molar-refractivity contribution >= 4 is 79.2 Å². The Kier molecular flexibility index (Phi) is 31.7. The maximum absolute atomic E-state index is 13.1. The lowest BCUT2D eigenvalue weighted by molar-refractivity contribution is -0.142. The highest BCUT2D eigenvalue weighted by molar-refractivity contribution is 14.1. The zero-order chi connectivity index (χ0) is 71.9. The summed E-state index contributed by atoms with van der Waals surface area (Å²) in [5.74, 6) is 2.55. The number of urea groups is 1. The van der Waals surface area contributed by atoms with Crippen LogP contribution < -0.4 is 30.6 Å². The van der Waals surface area contributed by atoms with E-state index in [1.807, 2.05) is 82.5 Å². The van der Waals surface area contributed by atoms with Gasteiger partial charge in [-0.1, -0.05) is 78.1 Å². The lowest BCUT2D eigenvalue weighted by atomic mass is 10.0. The van der Waals surface area contributed by atoms with E-state index >= 15 is 0 Å². The summed E-state index contributed by atoms with van der Waals surface area (Å²) >= 11 is 1.96. The number of nitrogens with zero attached hydrogens (tertiary/aromatic N) is 10. The quantitative estimate of drug-likeness (QED) is 0.0246. The first kappa shape index (κ1) is 77.8. The predicted octanol–water partition coefficient (Wildman–Crippen LogP) is 16.1. The number of nitrogen functional groups attached to an aromatic ring is 1. The third kappa shape index (κ3) is 23.8. The molecule has 0 aliphatic heterocycles. The van der Waals surface area contributed by atoms with Crippen LogP contribution in [0.4, 0.5) is 60.7 Å². The average molecular weight is 1470 g/mol. The van der Waals surface area contributed by atoms with Gasteiger partial charge in [-0.2, -0.15) is 44.8 Å². The summed E-state index contributed by atoms with van der Waals surface area (Å²) in [7, 11) is 5.18. The molecule has 0 radical (unpaired) electrons. The van der Waals surface area contributed by atoms with Gasteiger partial charge < -0.3 is 48.6 Å². The molecule has 0 aliphatic rings. The second-order valence-electron chi connectivity index (χ2n) is 21.0. The predicted molar refractivity (Wildman–Crippen MR) is 354 cm³/mol. The molecule has 96 heavy (non-hydrogen) atoms. The third-order valence-electron chi connectivity index (χ3n) is 13.5. The summed E-state index contributed by atoms with van der Waals surface area (Å²) in [5.41, 5.74) is 6.57. The van der Waals surface area contributed by atoms with Crippen molar-refractivity contribution in [3.8, 4) is 23.3 Å². The molecule has 3 amide bonds. The molecule has 6 aromatic heterocycles. The number of nitriles is 1. The van der Waals surface area contributed by atoms with Gasteiger partial charge in [-0.15, -0.1) is 0 Å². The smallest absolute Gasteiger partial charge is 0.437 e. The minimum Gasteiger partial charge on any atom is -0.493 e. The van der Waals surface area contributed by atoms with Crippen LogP contribution in [0.2, 0.25) is 0 Å². The first-order chi connectivity index (χ1) is 46.1. The van der Waals surface area contributed by atoms with Crippen LogP contribution in [-0.2, 0) is 37.8 Å². The molecule has 9 aromatic rings. The van der Waals surface area contributed by atoms with Crippen LogP contribution in [0.5, 0.6) is 17.2 Å². The summed E-state index contributed by atoms with van der Waals surface area (Å²) < 4.78 is 157. The van der Waals surface area contributed by atoms with Crippen LogP contribution in [-0.4, -0.2) is 122 Å². The molecule has 0 spiro atoms. The number of aromatic nitrogens is 7. The number of carbonyl (C=O) groups excluding carboxylic acids is 2. The molecule has 0 saturated heterocycles. The average Bonchev–Trinajstić information content (AvgIpc) is 1.67. The number of imidazole rings is 1. The Bertz CT molecular complexity index is 3880. The second kappa shape index (κ2) is 39.2. The van der Waals surface area contributed by atoms with E-state index in [1.165, 1.54) is 64.1 Å². The van der Waals surface area contributed by atoms with Gasteiger partial charge in [0.2, 0.25) is 0 Å². The standard InChI is InChI=1S/C22H25F3N4O3.C19H21F3N4O3.C15H19F3N2O2.C6H8N2.C2H3N.CH3I/c1-4-6-15-17(8-7-16-19(15)32-28-20(16)22(23,24)25)31-12-5-11-29(3)21(30)27-18-13-14(2)9-10-26-18;1-3-5-13-15(7-6-14-16(13)29-24-17(14)19(20,21)22)28-11-4-9-25(2)18(27)26-10-8-23-12-26;1-3-5-10-12(21-9-4-8-19-2)7-6-11-13(10)22-20-14(11)15(16,17)18;1-5-2-3-8-6(7)4-5;1-2-3;1-2/h7-10,13H,4-6,11-12H2,1-3H3,(H,26,27,30);6-8,10,12H,3-5,9,11H2,1-2H3;6-7,19H,3-5,8-9H2,1-2H3;2-4H,1H3,(H2,7,8);1H3;1H3/i;;;;;1D. The number of hydrogen-bond donors (Lipinski definition) is 3. The third-order valence-corrected chi connectivity index (χ3v) is 13.5. The molecule has 9 rings (SSSR count). The van der Waals surface area contributed by atoms with E-state index in [0.29, 0.717) is 122 Å². The number of alkyl halides is 10. The minimum atomic E-state index is -4.59. The Morgan fingerprint density at radius 2 is 1.05 bits per heavy atom. The number of rotatable bonds is 22. The Hall–Kier alpha value is -8.93. The van der Waals surface area contributed by atoms with Gasteiger partial charge in [-0.3, -0.25) is 9.88 Å². The highest BCUT2D eigenvalue weighted by Gasteiger charge is 2.40. The SMILES string of the molecule is CC#N.CCCc1c(OCCCN(C)C(=O)Nc2cc(C)ccn2)ccc2c(C(F)(F)F)noc12.CCCc1c(OCCCN(C)C(=O)n2ccnc2)ccc2c(C(F)(F)F)noc12.CCCc1c(OCCCNC)ccc2c(C(F)(F)F)noc12.Cc1ccnc(N)c1.[2H]CI. The van der Waals surface area contributed by atoms with E-state index in [2.05, 4.69) is 41.1 Å². The van der Waals surface area contributed by atoms with Crippen molar-refractivity contribution in [2.45, 2.75) is 118 Å². The van der Waals surface area contributed by atoms with Crippen molar-refractivity contribution in [3.63, 3.8) is 0 Å². The van der Waals surface area contributed by atoms with Gasteiger partial charge in [0.25, 0.3) is 0 Å². The summed E-state index contributed by atoms with van der Waals surface area (Å²) in [4.78, 5) is 39.7. The first-order valence-electron chi connectivity index (χ1n) is 30.8. The monoisotopic (exact) mass is 1470 g/mol. The molecule has 3 aromatic carbocycles. The molecule has 21 nitrogen and oxygen atoms in total. The van der Waals surface area contributed by atoms with Gasteiger partial charge in [0.1, 0.15) is 35.2 Å². The number of hydrogen-bond acceptors (Lipinski definition) is 17. The maximum Gasteiger partial charge on any atom is 0.437 e. The van der Waals surface area contributed by atoms with Crippen LogP contribution >= 0.6 is 22.6 Å². The van der Waals surface area contributed by atoms with E-state index in [4.69, 9.17) is 40.1 Å². The molecule has 0 bridgehead atoms. The number of ether oxygens (including phenoxy) is 3. The van der Waals surface area contributed by atoms with Crippen molar-refractivity contribution in [2.24, 2.45) is 0 Å². The molecule has 522 valence electrons. The van der Waals surface area contributed by atoms with Crippen LogP contribution in [0.25, 0.3) is 32.9 Å². The Morgan fingerprint density at radius 3 is 1.40 bits per heavy atom. The Labute approximate surface area is 564 Å². The number of anilines is 2. The summed E-state index contributed by atoms with van der Waals surface area (Å²) in [6.45, 7) is 13.9. The Morgan fingerprint density at radius 1 is 0.656 bits per heavy atom. The number of nitrogens with one attached hydrogen (secondary N) is 2. The van der Waals surface area contributed by atoms with Gasteiger partial charge in [-0.05, 0) is 143 Å².